The maximum absolute atomic E-state index is 12.3. The van der Waals surface area contributed by atoms with Crippen molar-refractivity contribution in [2.45, 2.75) is 32.7 Å². The topological polar surface area (TPSA) is 55.4 Å². The van der Waals surface area contributed by atoms with Gasteiger partial charge in [-0.2, -0.15) is 0 Å². The number of ketones is 1. The molecule has 0 heterocycles. The second-order valence-corrected chi connectivity index (χ2v) is 5.77. The monoisotopic (exact) mass is 325 g/mol. The molecule has 0 fully saturated rings. The third-order valence-electron chi connectivity index (χ3n) is 3.65. The Morgan fingerprint density at radius 3 is 2.25 bits per heavy atom. The second-order valence-electron chi connectivity index (χ2n) is 5.77. The Bertz CT molecular complexity index is 665. The number of nitrogens with one attached hydrogen (secondary N) is 1. The van der Waals surface area contributed by atoms with Crippen molar-refractivity contribution in [3.05, 3.63) is 65.7 Å². The lowest BCUT2D eigenvalue weighted by atomic mass is 10.0. The fourth-order valence-corrected chi connectivity index (χ4v) is 2.43. The Kier molecular flexibility index (Phi) is 6.55. The number of amides is 1. The van der Waals surface area contributed by atoms with E-state index in [9.17, 15) is 9.59 Å². The van der Waals surface area contributed by atoms with E-state index in [-0.39, 0.29) is 24.3 Å². The van der Waals surface area contributed by atoms with E-state index in [0.717, 1.165) is 12.8 Å². The molecule has 0 aromatic heterocycles. The van der Waals surface area contributed by atoms with Crippen LogP contribution in [0.3, 0.4) is 0 Å². The molecular weight excluding hydrogens is 302 g/mol. The Morgan fingerprint density at radius 2 is 1.62 bits per heavy atom. The second kappa shape index (κ2) is 8.87. The average molecular weight is 325 g/mol. The van der Waals surface area contributed by atoms with E-state index >= 15 is 0 Å². The summed E-state index contributed by atoms with van der Waals surface area (Å²) in [6, 6.07) is 16.1. The van der Waals surface area contributed by atoms with Crippen molar-refractivity contribution in [1.29, 1.82) is 0 Å². The SMILES string of the molecule is CCCC(C)NC(=O)COc1ccc(C(=O)c2ccccc2)cc1. The quantitative estimate of drug-likeness (QED) is 0.755. The van der Waals surface area contributed by atoms with Crippen LogP contribution in [0.15, 0.2) is 54.6 Å². The molecule has 0 radical (unpaired) electrons. The number of benzene rings is 2. The van der Waals surface area contributed by atoms with E-state index in [1.54, 1.807) is 36.4 Å². The van der Waals surface area contributed by atoms with Gasteiger partial charge in [-0.05, 0) is 37.6 Å². The van der Waals surface area contributed by atoms with Gasteiger partial charge in [-0.25, -0.2) is 0 Å². The van der Waals surface area contributed by atoms with E-state index in [1.807, 2.05) is 25.1 Å². The Labute approximate surface area is 142 Å². The van der Waals surface area contributed by atoms with Gasteiger partial charge in [0.15, 0.2) is 12.4 Å². The molecule has 0 spiro atoms. The molecule has 2 rings (SSSR count). The Balaban J connectivity index is 1.88. The molecule has 0 saturated heterocycles. The fraction of sp³-hybridized carbons (Fsp3) is 0.300. The first-order chi connectivity index (χ1) is 11.6. The number of ether oxygens (including phenoxy) is 1. The van der Waals surface area contributed by atoms with Crippen LogP contribution in [0.25, 0.3) is 0 Å². The van der Waals surface area contributed by atoms with E-state index < -0.39 is 0 Å². The van der Waals surface area contributed by atoms with Gasteiger partial charge in [0.25, 0.3) is 5.91 Å². The first-order valence-electron chi connectivity index (χ1n) is 8.22. The highest BCUT2D eigenvalue weighted by Gasteiger charge is 2.10. The summed E-state index contributed by atoms with van der Waals surface area (Å²) >= 11 is 0. The van der Waals surface area contributed by atoms with Crippen molar-refractivity contribution in [3.8, 4) is 5.75 Å². The molecule has 4 heteroatoms. The van der Waals surface area contributed by atoms with Crippen LogP contribution in [0.4, 0.5) is 0 Å². The summed E-state index contributed by atoms with van der Waals surface area (Å²) < 4.78 is 5.46. The van der Waals surface area contributed by atoms with Crippen LogP contribution in [0.1, 0.15) is 42.6 Å². The molecule has 1 atom stereocenters. The van der Waals surface area contributed by atoms with Crippen LogP contribution in [0.5, 0.6) is 5.75 Å². The lowest BCUT2D eigenvalue weighted by Gasteiger charge is -2.13. The van der Waals surface area contributed by atoms with Crippen molar-refractivity contribution in [2.75, 3.05) is 6.61 Å². The predicted molar refractivity (Wildman–Crippen MR) is 94.3 cm³/mol. The molecule has 4 nitrogen and oxygen atoms in total. The van der Waals surface area contributed by atoms with Crippen molar-refractivity contribution >= 4 is 11.7 Å². The van der Waals surface area contributed by atoms with E-state index in [2.05, 4.69) is 12.2 Å². The van der Waals surface area contributed by atoms with Crippen LogP contribution in [0, 0.1) is 0 Å². The first-order valence-corrected chi connectivity index (χ1v) is 8.22. The molecule has 126 valence electrons. The van der Waals surface area contributed by atoms with Crippen molar-refractivity contribution in [3.63, 3.8) is 0 Å². The third kappa shape index (κ3) is 5.23. The molecule has 0 aliphatic heterocycles. The van der Waals surface area contributed by atoms with Gasteiger partial charge < -0.3 is 10.1 Å². The summed E-state index contributed by atoms with van der Waals surface area (Å²) in [5.41, 5.74) is 1.24. The highest BCUT2D eigenvalue weighted by molar-refractivity contribution is 6.08. The fourth-order valence-electron chi connectivity index (χ4n) is 2.43. The van der Waals surface area contributed by atoms with E-state index in [1.165, 1.54) is 0 Å². The molecule has 0 aliphatic rings. The summed E-state index contributed by atoms with van der Waals surface area (Å²) in [4.78, 5) is 24.1. The molecule has 1 amide bonds. The molecule has 2 aromatic carbocycles. The lowest BCUT2D eigenvalue weighted by Crippen LogP contribution is -2.35. The van der Waals surface area contributed by atoms with Crippen LogP contribution in [-0.4, -0.2) is 24.3 Å². The predicted octanol–water partition coefficient (Wildman–Crippen LogP) is 3.60. The van der Waals surface area contributed by atoms with Gasteiger partial charge >= 0.3 is 0 Å². The summed E-state index contributed by atoms with van der Waals surface area (Å²) in [6.45, 7) is 4.03. The lowest BCUT2D eigenvalue weighted by molar-refractivity contribution is -0.123. The number of hydrogen-bond donors (Lipinski definition) is 1. The maximum atomic E-state index is 12.3. The van der Waals surface area contributed by atoms with Crippen LogP contribution >= 0.6 is 0 Å². The summed E-state index contributed by atoms with van der Waals surface area (Å²) in [7, 11) is 0. The van der Waals surface area contributed by atoms with Crippen molar-refractivity contribution in [1.82, 2.24) is 5.32 Å². The van der Waals surface area contributed by atoms with Gasteiger partial charge in [0.2, 0.25) is 0 Å². The average Bonchev–Trinajstić information content (AvgIpc) is 2.61. The number of rotatable bonds is 8. The molecule has 24 heavy (non-hydrogen) atoms. The molecule has 1 N–H and O–H groups in total. The summed E-state index contributed by atoms with van der Waals surface area (Å²) in [5.74, 6) is 0.395. The van der Waals surface area contributed by atoms with Gasteiger partial charge in [-0.15, -0.1) is 0 Å². The number of hydrogen-bond acceptors (Lipinski definition) is 3. The smallest absolute Gasteiger partial charge is 0.258 e. The highest BCUT2D eigenvalue weighted by atomic mass is 16.5. The van der Waals surface area contributed by atoms with Crippen LogP contribution < -0.4 is 10.1 Å². The largest absolute Gasteiger partial charge is 0.484 e. The van der Waals surface area contributed by atoms with Crippen molar-refractivity contribution in [2.24, 2.45) is 0 Å². The Hall–Kier alpha value is -2.62. The molecule has 0 bridgehead atoms. The minimum atomic E-state index is -0.139. The molecule has 0 saturated carbocycles. The number of carbonyl (C=O) groups is 2. The minimum absolute atomic E-state index is 0.0277. The molecule has 1 unspecified atom stereocenters. The third-order valence-corrected chi connectivity index (χ3v) is 3.65. The van der Waals surface area contributed by atoms with Crippen LogP contribution in [0.2, 0.25) is 0 Å². The van der Waals surface area contributed by atoms with Gasteiger partial charge in [0.05, 0.1) is 0 Å². The maximum Gasteiger partial charge on any atom is 0.258 e. The number of carbonyl (C=O) groups excluding carboxylic acids is 2. The van der Waals surface area contributed by atoms with Gasteiger partial charge in [-0.3, -0.25) is 9.59 Å². The van der Waals surface area contributed by atoms with E-state index in [0.29, 0.717) is 16.9 Å². The zero-order valence-electron chi connectivity index (χ0n) is 14.1. The first kappa shape index (κ1) is 17.7. The van der Waals surface area contributed by atoms with E-state index in [4.69, 9.17) is 4.74 Å². The molecule has 2 aromatic rings. The van der Waals surface area contributed by atoms with Gasteiger partial charge in [0, 0.05) is 17.2 Å². The summed E-state index contributed by atoms with van der Waals surface area (Å²) in [6.07, 6.45) is 1.97. The van der Waals surface area contributed by atoms with Crippen LogP contribution in [-0.2, 0) is 4.79 Å². The zero-order chi connectivity index (χ0) is 17.4. The highest BCUT2D eigenvalue weighted by Crippen LogP contribution is 2.15. The molecule has 0 aliphatic carbocycles. The standard InChI is InChI=1S/C20H23NO3/c1-3-7-15(2)21-19(22)14-24-18-12-10-17(11-13-18)20(23)16-8-5-4-6-9-16/h4-6,8-13,15H,3,7,14H2,1-2H3,(H,21,22). The minimum Gasteiger partial charge on any atom is -0.484 e. The zero-order valence-corrected chi connectivity index (χ0v) is 14.1. The Morgan fingerprint density at radius 1 is 1.00 bits per heavy atom. The normalized spacial score (nSPS) is 11.6. The van der Waals surface area contributed by atoms with Gasteiger partial charge in [-0.1, -0.05) is 43.7 Å². The molecular formula is C20H23NO3. The summed E-state index contributed by atoms with van der Waals surface area (Å²) in [5, 5.41) is 2.88. The van der Waals surface area contributed by atoms with Gasteiger partial charge in [0.1, 0.15) is 5.75 Å². The van der Waals surface area contributed by atoms with Crippen molar-refractivity contribution < 1.29 is 14.3 Å².